The number of likely N-dealkylation sites (N-methyl/N-ethyl adjacent to an activating group) is 1. The highest BCUT2D eigenvalue weighted by atomic mass is 16.2. The van der Waals surface area contributed by atoms with Crippen LogP contribution in [0.5, 0.6) is 0 Å². The van der Waals surface area contributed by atoms with E-state index in [1.54, 1.807) is 12.4 Å². The first-order chi connectivity index (χ1) is 19.4. The minimum Gasteiger partial charge on any atom is -0.358 e. The van der Waals surface area contributed by atoms with Gasteiger partial charge in [0.05, 0.1) is 34.9 Å². The molecule has 0 saturated carbocycles. The van der Waals surface area contributed by atoms with Crippen molar-refractivity contribution in [1.29, 1.82) is 0 Å². The quantitative estimate of drug-likeness (QED) is 0.252. The van der Waals surface area contributed by atoms with Gasteiger partial charge in [0.15, 0.2) is 0 Å². The lowest BCUT2D eigenvalue weighted by Crippen LogP contribution is -2.35. The van der Waals surface area contributed by atoms with Crippen LogP contribution < -0.4 is 10.6 Å². The summed E-state index contributed by atoms with van der Waals surface area (Å²) in [6, 6.07) is 15.7. The maximum absolute atomic E-state index is 13.0. The van der Waals surface area contributed by atoms with Crippen molar-refractivity contribution in [3.05, 3.63) is 89.0 Å². The second-order valence-corrected chi connectivity index (χ2v) is 9.87. The van der Waals surface area contributed by atoms with E-state index in [-0.39, 0.29) is 11.8 Å². The summed E-state index contributed by atoms with van der Waals surface area (Å²) in [6.45, 7) is 11.3. The molecule has 1 aliphatic heterocycles. The Labute approximate surface area is 234 Å². The van der Waals surface area contributed by atoms with E-state index in [4.69, 9.17) is 0 Å². The fraction of sp³-hybridized carbons (Fsp3) is 0.250. The molecule has 0 spiro atoms. The van der Waals surface area contributed by atoms with E-state index in [1.807, 2.05) is 68.5 Å². The summed E-state index contributed by atoms with van der Waals surface area (Å²) in [4.78, 5) is 40.8. The molecule has 0 aliphatic carbocycles. The van der Waals surface area contributed by atoms with Gasteiger partial charge in [0, 0.05) is 46.9 Å². The second-order valence-electron chi connectivity index (χ2n) is 9.87. The number of nitrogens with one attached hydrogen (secondary N) is 3. The van der Waals surface area contributed by atoms with Crippen LogP contribution in [0.3, 0.4) is 0 Å². The molecule has 3 heterocycles. The Morgan fingerprint density at radius 1 is 0.975 bits per heavy atom. The van der Waals surface area contributed by atoms with E-state index in [0.717, 1.165) is 70.4 Å². The van der Waals surface area contributed by atoms with Crippen LogP contribution >= 0.6 is 0 Å². The number of aromatic amines is 1. The number of hydrogen-bond acceptors (Lipinski definition) is 5. The molecule has 3 N–H and O–H groups in total. The molecule has 0 fully saturated rings. The third-order valence-corrected chi connectivity index (χ3v) is 7.42. The van der Waals surface area contributed by atoms with E-state index in [2.05, 4.69) is 44.3 Å². The van der Waals surface area contributed by atoms with Gasteiger partial charge >= 0.3 is 0 Å². The normalized spacial score (nSPS) is 13.5. The van der Waals surface area contributed by atoms with Crippen LogP contribution in [-0.2, 0) is 4.79 Å². The van der Waals surface area contributed by atoms with Crippen molar-refractivity contribution in [1.82, 2.24) is 25.2 Å². The SMILES string of the molecule is CCN(CC)CCNC(=O)c1c(C)[nH]c(/C=C2\C(=O)Nc3ccc(-c4cnc(-c5ccccc5)cn4)cc32)c1C. The van der Waals surface area contributed by atoms with Crippen molar-refractivity contribution in [2.24, 2.45) is 0 Å². The Morgan fingerprint density at radius 3 is 2.35 bits per heavy atom. The van der Waals surface area contributed by atoms with E-state index in [0.29, 0.717) is 17.7 Å². The predicted octanol–water partition coefficient (Wildman–Crippen LogP) is 5.32. The fourth-order valence-corrected chi connectivity index (χ4v) is 5.08. The minimum atomic E-state index is -0.186. The molecule has 2 aromatic carbocycles. The van der Waals surface area contributed by atoms with Crippen LogP contribution in [-0.4, -0.2) is 57.8 Å². The van der Waals surface area contributed by atoms with E-state index in [1.165, 1.54) is 0 Å². The highest BCUT2D eigenvalue weighted by molar-refractivity contribution is 6.35. The number of aryl methyl sites for hydroxylation is 1. The van der Waals surface area contributed by atoms with Gasteiger partial charge in [-0.2, -0.15) is 0 Å². The summed E-state index contributed by atoms with van der Waals surface area (Å²) in [5, 5.41) is 5.99. The summed E-state index contributed by atoms with van der Waals surface area (Å²) in [5.41, 5.74) is 8.38. The molecule has 0 radical (unpaired) electrons. The summed E-state index contributed by atoms with van der Waals surface area (Å²) in [7, 11) is 0. The minimum absolute atomic E-state index is 0.112. The Kier molecular flexibility index (Phi) is 7.89. The lowest BCUT2D eigenvalue weighted by Gasteiger charge is -2.18. The molecule has 40 heavy (non-hydrogen) atoms. The summed E-state index contributed by atoms with van der Waals surface area (Å²) >= 11 is 0. The molecule has 204 valence electrons. The highest BCUT2D eigenvalue weighted by Gasteiger charge is 2.26. The molecule has 2 aromatic heterocycles. The molecule has 2 amide bonds. The van der Waals surface area contributed by atoms with Gasteiger partial charge in [-0.1, -0.05) is 50.2 Å². The van der Waals surface area contributed by atoms with Crippen molar-refractivity contribution in [3.63, 3.8) is 0 Å². The third kappa shape index (κ3) is 5.44. The predicted molar refractivity (Wildman–Crippen MR) is 160 cm³/mol. The molecule has 8 heteroatoms. The van der Waals surface area contributed by atoms with Crippen LogP contribution in [0.4, 0.5) is 5.69 Å². The first kappa shape index (κ1) is 27.0. The largest absolute Gasteiger partial charge is 0.358 e. The summed E-state index contributed by atoms with van der Waals surface area (Å²) in [5.74, 6) is -0.298. The lowest BCUT2D eigenvalue weighted by atomic mass is 10.0. The average Bonchev–Trinajstić information content (AvgIpc) is 3.44. The number of carbonyl (C=O) groups is 2. The van der Waals surface area contributed by atoms with Gasteiger partial charge in [-0.3, -0.25) is 19.6 Å². The highest BCUT2D eigenvalue weighted by Crippen LogP contribution is 2.36. The number of nitrogens with zero attached hydrogens (tertiary/aromatic N) is 3. The Bertz CT molecular complexity index is 1570. The van der Waals surface area contributed by atoms with Crippen molar-refractivity contribution in [2.45, 2.75) is 27.7 Å². The monoisotopic (exact) mass is 534 g/mol. The third-order valence-electron chi connectivity index (χ3n) is 7.42. The van der Waals surface area contributed by atoms with Crippen molar-refractivity contribution in [3.8, 4) is 22.5 Å². The van der Waals surface area contributed by atoms with Gasteiger partial charge in [-0.15, -0.1) is 0 Å². The zero-order valence-electron chi connectivity index (χ0n) is 23.3. The summed E-state index contributed by atoms with van der Waals surface area (Å²) in [6.07, 6.45) is 5.34. The lowest BCUT2D eigenvalue weighted by molar-refractivity contribution is -0.110. The number of hydrogen-bond donors (Lipinski definition) is 3. The number of carbonyl (C=O) groups excluding carboxylic acids is 2. The van der Waals surface area contributed by atoms with Crippen LogP contribution in [0.25, 0.3) is 34.2 Å². The molecule has 0 unspecified atom stereocenters. The number of rotatable bonds is 9. The van der Waals surface area contributed by atoms with Crippen molar-refractivity contribution < 1.29 is 9.59 Å². The first-order valence-electron chi connectivity index (χ1n) is 13.6. The van der Waals surface area contributed by atoms with Crippen LogP contribution in [0, 0.1) is 13.8 Å². The van der Waals surface area contributed by atoms with Crippen LogP contribution in [0.15, 0.2) is 60.9 Å². The molecule has 8 nitrogen and oxygen atoms in total. The number of H-pyrrole nitrogens is 1. The molecular formula is C32H34N6O2. The topological polar surface area (TPSA) is 103 Å². The van der Waals surface area contributed by atoms with Gasteiger partial charge in [0.1, 0.15) is 0 Å². The Hall–Kier alpha value is -4.56. The van der Waals surface area contributed by atoms with Gasteiger partial charge in [-0.25, -0.2) is 0 Å². The fourth-order valence-electron chi connectivity index (χ4n) is 5.08. The van der Waals surface area contributed by atoms with E-state index >= 15 is 0 Å². The first-order valence-corrected chi connectivity index (χ1v) is 13.6. The van der Waals surface area contributed by atoms with Gasteiger partial charge < -0.3 is 20.5 Å². The van der Waals surface area contributed by atoms with E-state index < -0.39 is 0 Å². The molecule has 0 saturated heterocycles. The molecular weight excluding hydrogens is 500 g/mol. The number of amides is 2. The van der Waals surface area contributed by atoms with Crippen molar-refractivity contribution in [2.75, 3.05) is 31.5 Å². The van der Waals surface area contributed by atoms with Gasteiger partial charge in [0.2, 0.25) is 0 Å². The number of anilines is 1. The standard InChI is InChI=1S/C32H34N6O2/c1-5-38(6-2)15-14-33-32(40)30-20(3)27(36-21(30)4)17-25-24-16-23(12-13-26(24)37-31(25)39)29-19-34-28(18-35-29)22-10-8-7-9-11-22/h7-13,16-19,36H,5-6,14-15H2,1-4H3,(H,33,40)(H,37,39)/b25-17-. The maximum Gasteiger partial charge on any atom is 0.256 e. The van der Waals surface area contributed by atoms with Crippen molar-refractivity contribution >= 4 is 29.2 Å². The summed E-state index contributed by atoms with van der Waals surface area (Å²) < 4.78 is 0. The molecule has 0 atom stereocenters. The zero-order valence-corrected chi connectivity index (χ0v) is 23.3. The molecule has 4 aromatic rings. The van der Waals surface area contributed by atoms with E-state index in [9.17, 15) is 9.59 Å². The molecule has 1 aliphatic rings. The second kappa shape index (κ2) is 11.7. The van der Waals surface area contributed by atoms with Crippen LogP contribution in [0.1, 0.15) is 46.7 Å². The maximum atomic E-state index is 13.0. The number of benzene rings is 2. The smallest absolute Gasteiger partial charge is 0.256 e. The Morgan fingerprint density at radius 2 is 1.68 bits per heavy atom. The Balaban J connectivity index is 1.40. The van der Waals surface area contributed by atoms with Crippen LogP contribution in [0.2, 0.25) is 0 Å². The molecule has 5 rings (SSSR count). The zero-order chi connectivity index (χ0) is 28.2. The van der Waals surface area contributed by atoms with Gasteiger partial charge in [0.25, 0.3) is 11.8 Å². The number of aromatic nitrogens is 3. The van der Waals surface area contributed by atoms with Gasteiger partial charge in [-0.05, 0) is 50.7 Å². The molecule has 0 bridgehead atoms. The number of fused-ring (bicyclic) bond motifs is 1. The average molecular weight is 535 g/mol.